The topological polar surface area (TPSA) is 36.9 Å². The zero-order valence-corrected chi connectivity index (χ0v) is 14.2. The Bertz CT molecular complexity index is 1010. The number of nitrogens with one attached hydrogen (secondary N) is 1. The first-order valence-corrected chi connectivity index (χ1v) is 9.07. The minimum atomic E-state index is 0.463. The van der Waals surface area contributed by atoms with Gasteiger partial charge in [0.15, 0.2) is 0 Å². The van der Waals surface area contributed by atoms with Gasteiger partial charge in [0.25, 0.3) is 0 Å². The number of likely N-dealkylation sites (tertiary alicyclic amines) is 1. The summed E-state index contributed by atoms with van der Waals surface area (Å²) in [7, 11) is 0. The molecule has 1 atom stereocenters. The minimum absolute atomic E-state index is 0.463. The van der Waals surface area contributed by atoms with Crippen molar-refractivity contribution in [3.8, 4) is 0 Å². The van der Waals surface area contributed by atoms with Gasteiger partial charge < -0.3 is 4.98 Å². The number of aromatic amines is 1. The maximum absolute atomic E-state index is 4.68. The highest BCUT2D eigenvalue weighted by Crippen LogP contribution is 2.26. The minimum Gasteiger partial charge on any atom is -0.361 e. The second kappa shape index (κ2) is 6.05. The van der Waals surface area contributed by atoms with Crippen molar-refractivity contribution in [3.05, 3.63) is 66.5 Å². The molecule has 3 heterocycles. The number of benzene rings is 2. The van der Waals surface area contributed by atoms with E-state index in [1.807, 2.05) is 12.4 Å². The van der Waals surface area contributed by atoms with Crippen LogP contribution in [0.5, 0.6) is 0 Å². The quantitative estimate of drug-likeness (QED) is 0.606. The summed E-state index contributed by atoms with van der Waals surface area (Å²) in [6, 6.07) is 17.9. The SMILES string of the molecule is c1ccc2c(c1)cnn2C1CCCN(Cc2ccc3[nH]ccc3c2)C1. The number of para-hydroxylation sites is 1. The van der Waals surface area contributed by atoms with Crippen molar-refractivity contribution in [1.29, 1.82) is 0 Å². The summed E-state index contributed by atoms with van der Waals surface area (Å²) < 4.78 is 2.23. The van der Waals surface area contributed by atoms with Gasteiger partial charge in [0.2, 0.25) is 0 Å². The largest absolute Gasteiger partial charge is 0.361 e. The molecule has 1 fully saturated rings. The van der Waals surface area contributed by atoms with Gasteiger partial charge in [-0.3, -0.25) is 9.58 Å². The molecule has 1 saturated heterocycles. The molecule has 25 heavy (non-hydrogen) atoms. The summed E-state index contributed by atoms with van der Waals surface area (Å²) in [5.41, 5.74) is 3.85. The third kappa shape index (κ3) is 2.72. The summed E-state index contributed by atoms with van der Waals surface area (Å²) in [4.78, 5) is 5.84. The van der Waals surface area contributed by atoms with Gasteiger partial charge in [0.05, 0.1) is 17.8 Å². The predicted molar refractivity (Wildman–Crippen MR) is 102 cm³/mol. The second-order valence-corrected chi connectivity index (χ2v) is 7.08. The monoisotopic (exact) mass is 330 g/mol. The average Bonchev–Trinajstić information content (AvgIpc) is 3.28. The highest BCUT2D eigenvalue weighted by atomic mass is 15.3. The van der Waals surface area contributed by atoms with Gasteiger partial charge in [-0.2, -0.15) is 5.10 Å². The van der Waals surface area contributed by atoms with E-state index in [-0.39, 0.29) is 0 Å². The zero-order chi connectivity index (χ0) is 16.6. The molecule has 0 radical (unpaired) electrons. The fraction of sp³-hybridized carbons (Fsp3) is 0.286. The maximum atomic E-state index is 4.68. The van der Waals surface area contributed by atoms with E-state index in [1.165, 1.54) is 46.8 Å². The summed E-state index contributed by atoms with van der Waals surface area (Å²) in [6.45, 7) is 3.24. The van der Waals surface area contributed by atoms with Crippen LogP contribution in [0.4, 0.5) is 0 Å². The molecule has 0 spiro atoms. The van der Waals surface area contributed by atoms with E-state index in [2.05, 4.69) is 68.2 Å². The Kier molecular flexibility index (Phi) is 3.56. The molecule has 0 aliphatic carbocycles. The zero-order valence-electron chi connectivity index (χ0n) is 14.2. The number of aromatic nitrogens is 3. The summed E-state index contributed by atoms with van der Waals surface area (Å²) in [5.74, 6) is 0. The average molecular weight is 330 g/mol. The van der Waals surface area contributed by atoms with Gasteiger partial charge in [-0.15, -0.1) is 0 Å². The molecule has 1 aliphatic heterocycles. The van der Waals surface area contributed by atoms with Crippen LogP contribution < -0.4 is 0 Å². The summed E-state index contributed by atoms with van der Waals surface area (Å²) in [6.07, 6.45) is 6.44. The fourth-order valence-corrected chi connectivity index (χ4v) is 4.12. The second-order valence-electron chi connectivity index (χ2n) is 7.08. The molecule has 1 unspecified atom stereocenters. The lowest BCUT2D eigenvalue weighted by Crippen LogP contribution is -2.36. The van der Waals surface area contributed by atoms with Gasteiger partial charge in [0.1, 0.15) is 0 Å². The van der Waals surface area contributed by atoms with Crippen molar-refractivity contribution in [2.75, 3.05) is 13.1 Å². The number of piperidine rings is 1. The van der Waals surface area contributed by atoms with Crippen molar-refractivity contribution in [2.24, 2.45) is 0 Å². The third-order valence-electron chi connectivity index (χ3n) is 5.36. The summed E-state index contributed by atoms with van der Waals surface area (Å²) in [5, 5.41) is 7.21. The molecule has 0 saturated carbocycles. The van der Waals surface area contributed by atoms with E-state index >= 15 is 0 Å². The molecular formula is C21H22N4. The standard InChI is InChI=1S/C21H22N4/c1-2-6-21-18(4-1)13-23-25(21)19-5-3-11-24(15-19)14-16-7-8-20-17(12-16)9-10-22-20/h1-2,4,6-10,12-13,19,22H,3,5,11,14-15H2. The van der Waals surface area contributed by atoms with Crippen LogP contribution in [0.1, 0.15) is 24.4 Å². The molecule has 2 aromatic carbocycles. The number of fused-ring (bicyclic) bond motifs is 2. The predicted octanol–water partition coefficient (Wildman–Crippen LogP) is 4.35. The molecule has 4 heteroatoms. The van der Waals surface area contributed by atoms with Crippen LogP contribution in [0.2, 0.25) is 0 Å². The van der Waals surface area contributed by atoms with Crippen LogP contribution in [-0.4, -0.2) is 32.8 Å². The number of H-pyrrole nitrogens is 1. The van der Waals surface area contributed by atoms with Crippen LogP contribution in [0, 0.1) is 0 Å². The Morgan fingerprint density at radius 2 is 2.04 bits per heavy atom. The number of nitrogens with zero attached hydrogens (tertiary/aromatic N) is 3. The Morgan fingerprint density at radius 1 is 1.08 bits per heavy atom. The van der Waals surface area contributed by atoms with Crippen molar-refractivity contribution in [1.82, 2.24) is 19.7 Å². The van der Waals surface area contributed by atoms with E-state index in [9.17, 15) is 0 Å². The van der Waals surface area contributed by atoms with E-state index in [0.29, 0.717) is 6.04 Å². The number of hydrogen-bond acceptors (Lipinski definition) is 2. The molecule has 5 rings (SSSR count). The molecule has 1 N–H and O–H groups in total. The molecule has 0 amide bonds. The normalized spacial score (nSPS) is 19.0. The van der Waals surface area contributed by atoms with E-state index < -0.39 is 0 Å². The molecule has 2 aromatic heterocycles. The van der Waals surface area contributed by atoms with Crippen LogP contribution >= 0.6 is 0 Å². The molecular weight excluding hydrogens is 308 g/mol. The van der Waals surface area contributed by atoms with Gasteiger partial charge in [-0.25, -0.2) is 0 Å². The van der Waals surface area contributed by atoms with Gasteiger partial charge in [-0.1, -0.05) is 24.3 Å². The Morgan fingerprint density at radius 3 is 3.04 bits per heavy atom. The fourth-order valence-electron chi connectivity index (χ4n) is 4.12. The lowest BCUT2D eigenvalue weighted by atomic mass is 10.0. The highest BCUT2D eigenvalue weighted by Gasteiger charge is 2.23. The van der Waals surface area contributed by atoms with Crippen molar-refractivity contribution in [2.45, 2.75) is 25.4 Å². The van der Waals surface area contributed by atoms with Crippen LogP contribution in [-0.2, 0) is 6.54 Å². The van der Waals surface area contributed by atoms with Crippen molar-refractivity contribution in [3.63, 3.8) is 0 Å². The molecule has 126 valence electrons. The molecule has 0 bridgehead atoms. The number of rotatable bonds is 3. The molecule has 4 aromatic rings. The van der Waals surface area contributed by atoms with Gasteiger partial charge in [-0.05, 0) is 54.6 Å². The Labute approximate surface area is 147 Å². The first-order chi connectivity index (χ1) is 12.4. The van der Waals surface area contributed by atoms with Crippen LogP contribution in [0.3, 0.4) is 0 Å². The van der Waals surface area contributed by atoms with Crippen molar-refractivity contribution < 1.29 is 0 Å². The van der Waals surface area contributed by atoms with E-state index in [1.54, 1.807) is 0 Å². The first-order valence-electron chi connectivity index (χ1n) is 9.07. The maximum Gasteiger partial charge on any atom is 0.0686 e. The van der Waals surface area contributed by atoms with Crippen molar-refractivity contribution >= 4 is 21.8 Å². The van der Waals surface area contributed by atoms with Gasteiger partial charge in [0, 0.05) is 30.2 Å². The third-order valence-corrected chi connectivity index (χ3v) is 5.36. The lowest BCUT2D eigenvalue weighted by molar-refractivity contribution is 0.165. The van der Waals surface area contributed by atoms with Crippen LogP contribution in [0.25, 0.3) is 21.8 Å². The van der Waals surface area contributed by atoms with E-state index in [0.717, 1.165) is 13.1 Å². The smallest absolute Gasteiger partial charge is 0.0686 e. The lowest BCUT2D eigenvalue weighted by Gasteiger charge is -2.33. The Balaban J connectivity index is 1.37. The molecule has 1 aliphatic rings. The highest BCUT2D eigenvalue weighted by molar-refractivity contribution is 5.80. The molecule has 4 nitrogen and oxygen atoms in total. The summed E-state index contributed by atoms with van der Waals surface area (Å²) >= 11 is 0. The Hall–Kier alpha value is -2.59. The van der Waals surface area contributed by atoms with E-state index in [4.69, 9.17) is 0 Å². The van der Waals surface area contributed by atoms with Crippen LogP contribution in [0.15, 0.2) is 60.9 Å². The first kappa shape index (κ1) is 14.7. The number of hydrogen-bond donors (Lipinski definition) is 1. The van der Waals surface area contributed by atoms with Gasteiger partial charge >= 0.3 is 0 Å².